The van der Waals surface area contributed by atoms with Crippen LogP contribution in [0.4, 0.5) is 5.69 Å². The van der Waals surface area contributed by atoms with Crippen LogP contribution in [0.3, 0.4) is 0 Å². The van der Waals surface area contributed by atoms with Crippen molar-refractivity contribution in [3.05, 3.63) is 60.2 Å². The summed E-state index contributed by atoms with van der Waals surface area (Å²) in [5.74, 6) is 0.104. The number of carbonyl (C=O) groups excluding carboxylic acids is 3. The second kappa shape index (κ2) is 9.82. The van der Waals surface area contributed by atoms with Gasteiger partial charge >= 0.3 is 0 Å². The highest BCUT2D eigenvalue weighted by Gasteiger charge is 2.37. The second-order valence-electron chi connectivity index (χ2n) is 7.98. The molecule has 2 fully saturated rings. The molecule has 2 aromatic carbocycles. The number of nitrogens with zero attached hydrogens (tertiary/aromatic N) is 3. The molecule has 8 nitrogen and oxygen atoms in total. The minimum atomic E-state index is -0.238. The maximum Gasteiger partial charge on any atom is 0.249 e. The largest absolute Gasteiger partial charge is 0.497 e. The first kappa shape index (κ1) is 21.8. The first-order chi connectivity index (χ1) is 15.5. The maximum absolute atomic E-state index is 12.9. The standard InChI is InChI=1S/C24H27N3O5/c1-31-21-11-9-20(10-12-21)27-17-25(13-23(27)29)22(28)14-26(19-7-8-19)24(30)16-32-15-18-5-3-2-4-6-18/h2-6,9-12,19H,7-8,13-17H2,1H3. The van der Waals surface area contributed by atoms with Crippen LogP contribution in [0, 0.1) is 0 Å². The summed E-state index contributed by atoms with van der Waals surface area (Å²) in [7, 11) is 1.58. The van der Waals surface area contributed by atoms with Gasteiger partial charge in [0, 0.05) is 11.7 Å². The Kier molecular flexibility index (Phi) is 6.70. The zero-order valence-corrected chi connectivity index (χ0v) is 18.1. The molecule has 1 aliphatic heterocycles. The normalized spacial score (nSPS) is 15.7. The lowest BCUT2D eigenvalue weighted by atomic mass is 10.2. The van der Waals surface area contributed by atoms with E-state index < -0.39 is 0 Å². The number of carbonyl (C=O) groups is 3. The van der Waals surface area contributed by atoms with E-state index in [0.717, 1.165) is 18.4 Å². The molecule has 3 amide bonds. The van der Waals surface area contributed by atoms with Crippen molar-refractivity contribution in [1.82, 2.24) is 9.80 Å². The Labute approximate surface area is 187 Å². The average molecular weight is 437 g/mol. The Morgan fingerprint density at radius 2 is 1.78 bits per heavy atom. The van der Waals surface area contributed by atoms with Gasteiger partial charge in [0.2, 0.25) is 17.7 Å². The molecule has 168 valence electrons. The molecule has 1 saturated heterocycles. The van der Waals surface area contributed by atoms with Crippen molar-refractivity contribution in [2.75, 3.05) is 38.4 Å². The van der Waals surface area contributed by atoms with E-state index >= 15 is 0 Å². The fraction of sp³-hybridized carbons (Fsp3) is 0.375. The van der Waals surface area contributed by atoms with Gasteiger partial charge in [0.25, 0.3) is 0 Å². The zero-order chi connectivity index (χ0) is 22.5. The SMILES string of the molecule is COc1ccc(N2CN(C(=O)CN(C(=O)COCc3ccccc3)C3CC3)CC2=O)cc1. The molecule has 4 rings (SSSR count). The molecule has 1 heterocycles. The summed E-state index contributed by atoms with van der Waals surface area (Å²) in [5, 5.41) is 0. The quantitative estimate of drug-likeness (QED) is 0.600. The van der Waals surface area contributed by atoms with Crippen molar-refractivity contribution >= 4 is 23.4 Å². The monoisotopic (exact) mass is 437 g/mol. The van der Waals surface area contributed by atoms with Crippen LogP contribution in [0.15, 0.2) is 54.6 Å². The summed E-state index contributed by atoms with van der Waals surface area (Å²) >= 11 is 0. The molecular formula is C24H27N3O5. The van der Waals surface area contributed by atoms with Crippen LogP contribution >= 0.6 is 0 Å². The van der Waals surface area contributed by atoms with Gasteiger partial charge in [-0.15, -0.1) is 0 Å². The number of ether oxygens (including phenoxy) is 2. The van der Waals surface area contributed by atoms with Crippen LogP contribution in [-0.4, -0.2) is 67.0 Å². The molecule has 32 heavy (non-hydrogen) atoms. The topological polar surface area (TPSA) is 79.4 Å². The van der Waals surface area contributed by atoms with Gasteiger partial charge in [-0.25, -0.2) is 0 Å². The van der Waals surface area contributed by atoms with Gasteiger partial charge in [-0.2, -0.15) is 0 Å². The number of hydrogen-bond donors (Lipinski definition) is 0. The average Bonchev–Trinajstić information content (AvgIpc) is 3.58. The fourth-order valence-corrected chi connectivity index (χ4v) is 3.67. The first-order valence-corrected chi connectivity index (χ1v) is 10.7. The Hall–Kier alpha value is -3.39. The third kappa shape index (κ3) is 5.26. The van der Waals surface area contributed by atoms with Gasteiger partial charge in [-0.3, -0.25) is 19.3 Å². The maximum atomic E-state index is 12.9. The zero-order valence-electron chi connectivity index (χ0n) is 18.1. The summed E-state index contributed by atoms with van der Waals surface area (Å²) in [6.07, 6.45) is 1.77. The molecule has 2 aliphatic rings. The molecule has 0 radical (unpaired) electrons. The van der Waals surface area contributed by atoms with E-state index in [-0.39, 0.29) is 50.1 Å². The molecule has 1 aliphatic carbocycles. The van der Waals surface area contributed by atoms with E-state index in [2.05, 4.69) is 0 Å². The van der Waals surface area contributed by atoms with E-state index in [9.17, 15) is 14.4 Å². The van der Waals surface area contributed by atoms with Crippen LogP contribution < -0.4 is 9.64 Å². The predicted octanol–water partition coefficient (Wildman–Crippen LogP) is 2.04. The number of rotatable bonds is 9. The predicted molar refractivity (Wildman–Crippen MR) is 118 cm³/mol. The molecule has 2 aromatic rings. The lowest BCUT2D eigenvalue weighted by molar-refractivity contribution is -0.143. The molecule has 8 heteroatoms. The third-order valence-corrected chi connectivity index (χ3v) is 5.63. The summed E-state index contributed by atoms with van der Waals surface area (Å²) < 4.78 is 10.7. The summed E-state index contributed by atoms with van der Waals surface area (Å²) in [4.78, 5) is 42.7. The number of benzene rings is 2. The van der Waals surface area contributed by atoms with Gasteiger partial charge in [-0.1, -0.05) is 30.3 Å². The van der Waals surface area contributed by atoms with Crippen LogP contribution in [-0.2, 0) is 25.7 Å². The Bertz CT molecular complexity index is 959. The Morgan fingerprint density at radius 3 is 2.44 bits per heavy atom. The van der Waals surface area contributed by atoms with E-state index in [1.54, 1.807) is 41.2 Å². The summed E-state index contributed by atoms with van der Waals surface area (Å²) in [5.41, 5.74) is 1.69. The van der Waals surface area contributed by atoms with E-state index in [0.29, 0.717) is 18.0 Å². The van der Waals surface area contributed by atoms with Crippen molar-refractivity contribution in [2.24, 2.45) is 0 Å². The molecular weight excluding hydrogens is 410 g/mol. The molecule has 1 saturated carbocycles. The number of methoxy groups -OCH3 is 1. The van der Waals surface area contributed by atoms with Gasteiger partial charge in [0.05, 0.1) is 13.7 Å². The van der Waals surface area contributed by atoms with E-state index in [1.165, 1.54) is 4.90 Å². The highest BCUT2D eigenvalue weighted by Crippen LogP contribution is 2.28. The van der Waals surface area contributed by atoms with Gasteiger partial charge < -0.3 is 19.3 Å². The van der Waals surface area contributed by atoms with Crippen molar-refractivity contribution in [2.45, 2.75) is 25.5 Å². The van der Waals surface area contributed by atoms with Crippen LogP contribution in [0.25, 0.3) is 0 Å². The minimum absolute atomic E-state index is 0.00205. The van der Waals surface area contributed by atoms with E-state index in [4.69, 9.17) is 9.47 Å². The molecule has 0 spiro atoms. The molecule has 0 bridgehead atoms. The molecule has 0 unspecified atom stereocenters. The third-order valence-electron chi connectivity index (χ3n) is 5.63. The Morgan fingerprint density at radius 1 is 1.06 bits per heavy atom. The smallest absolute Gasteiger partial charge is 0.249 e. The number of anilines is 1. The minimum Gasteiger partial charge on any atom is -0.497 e. The highest BCUT2D eigenvalue weighted by atomic mass is 16.5. The number of hydrogen-bond acceptors (Lipinski definition) is 5. The van der Waals surface area contributed by atoms with Gasteiger partial charge in [0.15, 0.2) is 0 Å². The molecule has 0 N–H and O–H groups in total. The van der Waals surface area contributed by atoms with Crippen molar-refractivity contribution < 1.29 is 23.9 Å². The van der Waals surface area contributed by atoms with Crippen molar-refractivity contribution in [3.63, 3.8) is 0 Å². The van der Waals surface area contributed by atoms with Gasteiger partial charge in [-0.05, 0) is 42.7 Å². The fourth-order valence-electron chi connectivity index (χ4n) is 3.67. The molecule has 0 atom stereocenters. The summed E-state index contributed by atoms with van der Waals surface area (Å²) in [6, 6.07) is 16.8. The van der Waals surface area contributed by atoms with Crippen LogP contribution in [0.5, 0.6) is 5.75 Å². The van der Waals surface area contributed by atoms with Crippen molar-refractivity contribution in [3.8, 4) is 5.75 Å². The van der Waals surface area contributed by atoms with Crippen LogP contribution in [0.1, 0.15) is 18.4 Å². The van der Waals surface area contributed by atoms with E-state index in [1.807, 2.05) is 30.3 Å². The van der Waals surface area contributed by atoms with Crippen molar-refractivity contribution in [1.29, 1.82) is 0 Å². The second-order valence-corrected chi connectivity index (χ2v) is 7.98. The Balaban J connectivity index is 1.31. The highest BCUT2D eigenvalue weighted by molar-refractivity contribution is 6.00. The number of amides is 3. The lowest BCUT2D eigenvalue weighted by Crippen LogP contribution is -2.45. The first-order valence-electron chi connectivity index (χ1n) is 10.7. The van der Waals surface area contributed by atoms with Gasteiger partial charge in [0.1, 0.15) is 32.1 Å². The lowest BCUT2D eigenvalue weighted by Gasteiger charge is -2.25. The summed E-state index contributed by atoms with van der Waals surface area (Å²) in [6.45, 7) is 0.400. The van der Waals surface area contributed by atoms with Crippen LogP contribution in [0.2, 0.25) is 0 Å². The molecule has 0 aromatic heterocycles.